The SMILES string of the molecule is COC(=O)C1CC(=O)N(c2ccc(Br)cc2CO)C1. The maximum absolute atomic E-state index is 12.0. The normalized spacial score (nSPS) is 18.8. The number of carbonyl (C=O) groups excluding carboxylic acids is 2. The van der Waals surface area contributed by atoms with Crippen molar-refractivity contribution in [3.63, 3.8) is 0 Å². The van der Waals surface area contributed by atoms with Gasteiger partial charge in [-0.3, -0.25) is 9.59 Å². The topological polar surface area (TPSA) is 66.8 Å². The molecule has 1 aromatic rings. The van der Waals surface area contributed by atoms with Gasteiger partial charge in [0.05, 0.1) is 19.6 Å². The highest BCUT2D eigenvalue weighted by atomic mass is 79.9. The zero-order valence-electron chi connectivity index (χ0n) is 10.4. The van der Waals surface area contributed by atoms with E-state index in [0.717, 1.165) is 4.47 Å². The largest absolute Gasteiger partial charge is 0.469 e. The number of hydrogen-bond acceptors (Lipinski definition) is 4. The number of hydrogen-bond donors (Lipinski definition) is 1. The Kier molecular flexibility index (Phi) is 4.21. The summed E-state index contributed by atoms with van der Waals surface area (Å²) in [5.74, 6) is -0.946. The van der Waals surface area contributed by atoms with Crippen molar-refractivity contribution < 1.29 is 19.4 Å². The van der Waals surface area contributed by atoms with Crippen molar-refractivity contribution in [3.05, 3.63) is 28.2 Å². The first-order chi connectivity index (χ1) is 9.06. The molecular formula is C13H14BrNO4. The Morgan fingerprint density at radius 2 is 2.32 bits per heavy atom. The summed E-state index contributed by atoms with van der Waals surface area (Å²) in [4.78, 5) is 25.0. The third kappa shape index (κ3) is 2.79. The third-order valence-electron chi connectivity index (χ3n) is 3.16. The number of amides is 1. The lowest BCUT2D eigenvalue weighted by Gasteiger charge is -2.19. The van der Waals surface area contributed by atoms with Crippen LogP contribution < -0.4 is 4.90 Å². The number of halogens is 1. The fraction of sp³-hybridized carbons (Fsp3) is 0.385. The molecule has 1 aromatic carbocycles. The predicted molar refractivity (Wildman–Crippen MR) is 72.5 cm³/mol. The molecule has 1 N–H and O–H groups in total. The number of benzene rings is 1. The molecule has 1 unspecified atom stereocenters. The molecule has 1 fully saturated rings. The van der Waals surface area contributed by atoms with Crippen LogP contribution in [0.3, 0.4) is 0 Å². The third-order valence-corrected chi connectivity index (χ3v) is 3.66. The first kappa shape index (κ1) is 14.0. The lowest BCUT2D eigenvalue weighted by atomic mass is 10.1. The summed E-state index contributed by atoms with van der Waals surface area (Å²) >= 11 is 3.32. The molecule has 0 spiro atoms. The second-order valence-electron chi connectivity index (χ2n) is 4.36. The molecule has 0 radical (unpaired) electrons. The number of carbonyl (C=O) groups is 2. The summed E-state index contributed by atoms with van der Waals surface area (Å²) < 4.78 is 5.50. The van der Waals surface area contributed by atoms with Crippen LogP contribution in [0.15, 0.2) is 22.7 Å². The lowest BCUT2D eigenvalue weighted by molar-refractivity contribution is -0.145. The van der Waals surface area contributed by atoms with Crippen LogP contribution in [-0.2, 0) is 20.9 Å². The quantitative estimate of drug-likeness (QED) is 0.854. The number of methoxy groups -OCH3 is 1. The molecule has 1 heterocycles. The molecule has 102 valence electrons. The minimum absolute atomic E-state index is 0.132. The first-order valence-corrected chi connectivity index (χ1v) is 6.63. The van der Waals surface area contributed by atoms with Gasteiger partial charge in [0.15, 0.2) is 0 Å². The number of esters is 1. The minimum Gasteiger partial charge on any atom is -0.469 e. The van der Waals surface area contributed by atoms with Crippen LogP contribution in [0.5, 0.6) is 0 Å². The monoisotopic (exact) mass is 327 g/mol. The fourth-order valence-corrected chi connectivity index (χ4v) is 2.62. The average molecular weight is 328 g/mol. The molecule has 5 nitrogen and oxygen atoms in total. The summed E-state index contributed by atoms with van der Waals surface area (Å²) in [5, 5.41) is 9.36. The molecule has 0 saturated carbocycles. The van der Waals surface area contributed by atoms with Gasteiger partial charge in [-0.15, -0.1) is 0 Å². The molecule has 1 aliphatic heterocycles. The predicted octanol–water partition coefficient (Wildman–Crippen LogP) is 1.47. The summed E-state index contributed by atoms with van der Waals surface area (Å²) in [5.41, 5.74) is 1.29. The van der Waals surface area contributed by atoms with Gasteiger partial charge >= 0.3 is 5.97 Å². The standard InChI is InChI=1S/C13H14BrNO4/c1-19-13(18)8-5-12(17)15(6-8)11-3-2-10(14)4-9(11)7-16/h2-4,8,16H,5-7H2,1H3. The van der Waals surface area contributed by atoms with Crippen LogP contribution in [0.2, 0.25) is 0 Å². The number of nitrogens with zero attached hydrogens (tertiary/aromatic N) is 1. The van der Waals surface area contributed by atoms with E-state index in [4.69, 9.17) is 0 Å². The van der Waals surface area contributed by atoms with Crippen molar-refractivity contribution in [2.75, 3.05) is 18.6 Å². The number of ether oxygens (including phenoxy) is 1. The van der Waals surface area contributed by atoms with Gasteiger partial charge in [0.25, 0.3) is 0 Å². The van der Waals surface area contributed by atoms with Gasteiger partial charge in [0.2, 0.25) is 5.91 Å². The molecule has 1 aliphatic rings. The summed E-state index contributed by atoms with van der Waals surface area (Å²) in [6.07, 6.45) is 0.146. The molecule has 0 aromatic heterocycles. The van der Waals surface area contributed by atoms with Crippen molar-refractivity contribution in [1.82, 2.24) is 0 Å². The fourth-order valence-electron chi connectivity index (χ4n) is 2.21. The lowest BCUT2D eigenvalue weighted by Crippen LogP contribution is -2.27. The Labute approximate surface area is 119 Å². The maximum atomic E-state index is 12.0. The van der Waals surface area contributed by atoms with E-state index in [1.54, 1.807) is 18.2 Å². The van der Waals surface area contributed by atoms with E-state index in [2.05, 4.69) is 20.7 Å². The van der Waals surface area contributed by atoms with E-state index in [1.165, 1.54) is 12.0 Å². The van der Waals surface area contributed by atoms with Crippen LogP contribution in [0, 0.1) is 5.92 Å². The van der Waals surface area contributed by atoms with E-state index >= 15 is 0 Å². The van der Waals surface area contributed by atoms with Crippen molar-refractivity contribution in [2.45, 2.75) is 13.0 Å². The number of aliphatic hydroxyl groups is 1. The number of aliphatic hydroxyl groups excluding tert-OH is 1. The number of anilines is 1. The summed E-state index contributed by atoms with van der Waals surface area (Å²) in [6, 6.07) is 5.31. The smallest absolute Gasteiger partial charge is 0.311 e. The average Bonchev–Trinajstić information content (AvgIpc) is 2.79. The maximum Gasteiger partial charge on any atom is 0.311 e. The molecule has 0 bridgehead atoms. The molecular weight excluding hydrogens is 314 g/mol. The second kappa shape index (κ2) is 5.71. The Morgan fingerprint density at radius 1 is 1.58 bits per heavy atom. The van der Waals surface area contributed by atoms with E-state index in [9.17, 15) is 14.7 Å². The Hall–Kier alpha value is -1.40. The van der Waals surface area contributed by atoms with Gasteiger partial charge < -0.3 is 14.7 Å². The van der Waals surface area contributed by atoms with Crippen LogP contribution in [0.1, 0.15) is 12.0 Å². The van der Waals surface area contributed by atoms with Crippen LogP contribution >= 0.6 is 15.9 Å². The number of rotatable bonds is 3. The van der Waals surface area contributed by atoms with Gasteiger partial charge in [0, 0.05) is 28.7 Å². The molecule has 2 rings (SSSR count). The molecule has 6 heteroatoms. The van der Waals surface area contributed by atoms with E-state index in [-0.39, 0.29) is 24.9 Å². The molecule has 1 atom stereocenters. The highest BCUT2D eigenvalue weighted by Gasteiger charge is 2.36. The van der Waals surface area contributed by atoms with Crippen molar-refractivity contribution >= 4 is 33.5 Å². The second-order valence-corrected chi connectivity index (χ2v) is 5.28. The first-order valence-electron chi connectivity index (χ1n) is 5.84. The Morgan fingerprint density at radius 3 is 2.95 bits per heavy atom. The zero-order valence-corrected chi connectivity index (χ0v) is 12.0. The van der Waals surface area contributed by atoms with Gasteiger partial charge in [-0.05, 0) is 18.2 Å². The van der Waals surface area contributed by atoms with Crippen LogP contribution in [0.4, 0.5) is 5.69 Å². The molecule has 1 amide bonds. The summed E-state index contributed by atoms with van der Waals surface area (Å²) in [6.45, 7) is 0.127. The van der Waals surface area contributed by atoms with Gasteiger partial charge in [-0.2, -0.15) is 0 Å². The van der Waals surface area contributed by atoms with Crippen LogP contribution in [0.25, 0.3) is 0 Å². The van der Waals surface area contributed by atoms with Gasteiger partial charge in [0.1, 0.15) is 0 Å². The van der Waals surface area contributed by atoms with E-state index < -0.39 is 5.92 Å². The van der Waals surface area contributed by atoms with Gasteiger partial charge in [-0.25, -0.2) is 0 Å². The summed E-state index contributed by atoms with van der Waals surface area (Å²) in [7, 11) is 1.31. The van der Waals surface area contributed by atoms with Crippen molar-refractivity contribution in [2.24, 2.45) is 5.92 Å². The Bertz CT molecular complexity index is 517. The van der Waals surface area contributed by atoms with Gasteiger partial charge in [-0.1, -0.05) is 15.9 Å². The van der Waals surface area contributed by atoms with Crippen LogP contribution in [-0.4, -0.2) is 30.6 Å². The van der Waals surface area contributed by atoms with Crippen molar-refractivity contribution in [3.8, 4) is 0 Å². The van der Waals surface area contributed by atoms with E-state index in [1.807, 2.05) is 0 Å². The Balaban J connectivity index is 2.28. The molecule has 0 aliphatic carbocycles. The van der Waals surface area contributed by atoms with E-state index in [0.29, 0.717) is 17.8 Å². The highest BCUT2D eigenvalue weighted by molar-refractivity contribution is 9.10. The zero-order chi connectivity index (χ0) is 14.0. The highest BCUT2D eigenvalue weighted by Crippen LogP contribution is 2.30. The molecule has 19 heavy (non-hydrogen) atoms. The molecule has 1 saturated heterocycles. The minimum atomic E-state index is -0.437. The van der Waals surface area contributed by atoms with Crippen molar-refractivity contribution in [1.29, 1.82) is 0 Å².